The summed E-state index contributed by atoms with van der Waals surface area (Å²) in [6, 6.07) is 0. The molecule has 0 saturated heterocycles. The van der Waals surface area contributed by atoms with Gasteiger partial charge in [0.05, 0.1) is 0 Å². The Morgan fingerprint density at radius 3 is 2.36 bits per heavy atom. The number of halogens is 1. The van der Waals surface area contributed by atoms with Crippen molar-refractivity contribution in [3.05, 3.63) is 0 Å². The van der Waals surface area contributed by atoms with E-state index in [1.54, 1.807) is 0 Å². The molecular formula is C8H17ClS2. The molecule has 0 heterocycles. The van der Waals surface area contributed by atoms with Gasteiger partial charge in [-0.3, -0.25) is 0 Å². The summed E-state index contributed by atoms with van der Waals surface area (Å²) in [7, 11) is 3.93. The first-order valence-electron chi connectivity index (χ1n) is 4.06. The molecule has 11 heavy (non-hydrogen) atoms. The summed E-state index contributed by atoms with van der Waals surface area (Å²) in [4.78, 5) is 0. The highest BCUT2D eigenvalue weighted by Gasteiger charge is 2.12. The SMILES string of the molecule is CCSS[C@H](CCCl)C(C)C. The van der Waals surface area contributed by atoms with E-state index in [-0.39, 0.29) is 0 Å². The minimum Gasteiger partial charge on any atom is -0.127 e. The topological polar surface area (TPSA) is 0 Å². The molecule has 0 aliphatic heterocycles. The molecule has 68 valence electrons. The maximum Gasteiger partial charge on any atom is 0.0234 e. The lowest BCUT2D eigenvalue weighted by Gasteiger charge is -2.17. The second-order valence-electron chi connectivity index (χ2n) is 2.76. The van der Waals surface area contributed by atoms with Crippen molar-refractivity contribution in [3.63, 3.8) is 0 Å². The molecule has 0 rings (SSSR count). The number of rotatable bonds is 6. The third kappa shape index (κ3) is 6.18. The number of hydrogen-bond acceptors (Lipinski definition) is 2. The van der Waals surface area contributed by atoms with Crippen LogP contribution in [0.15, 0.2) is 0 Å². The average Bonchev–Trinajstić information content (AvgIpc) is 1.97. The maximum atomic E-state index is 5.70. The van der Waals surface area contributed by atoms with Gasteiger partial charge in [-0.2, -0.15) is 0 Å². The van der Waals surface area contributed by atoms with Gasteiger partial charge in [0.25, 0.3) is 0 Å². The zero-order valence-corrected chi connectivity index (χ0v) is 9.86. The van der Waals surface area contributed by atoms with Crippen molar-refractivity contribution in [1.82, 2.24) is 0 Å². The summed E-state index contributed by atoms with van der Waals surface area (Å²) >= 11 is 5.70. The van der Waals surface area contributed by atoms with Crippen LogP contribution in [-0.4, -0.2) is 16.9 Å². The smallest absolute Gasteiger partial charge is 0.0234 e. The van der Waals surface area contributed by atoms with Gasteiger partial charge in [-0.1, -0.05) is 42.4 Å². The van der Waals surface area contributed by atoms with Crippen molar-refractivity contribution in [2.45, 2.75) is 32.4 Å². The lowest BCUT2D eigenvalue weighted by atomic mass is 10.1. The van der Waals surface area contributed by atoms with E-state index in [0.29, 0.717) is 0 Å². The molecule has 0 nitrogen and oxygen atoms in total. The third-order valence-corrected chi connectivity index (χ3v) is 4.92. The van der Waals surface area contributed by atoms with E-state index in [9.17, 15) is 0 Å². The molecule has 3 heteroatoms. The second-order valence-corrected chi connectivity index (χ2v) is 6.04. The van der Waals surface area contributed by atoms with Crippen molar-refractivity contribution in [2.24, 2.45) is 5.92 Å². The minimum atomic E-state index is 0.734. The van der Waals surface area contributed by atoms with Gasteiger partial charge >= 0.3 is 0 Å². The van der Waals surface area contributed by atoms with E-state index >= 15 is 0 Å². The zero-order valence-electron chi connectivity index (χ0n) is 7.47. The molecule has 0 amide bonds. The van der Waals surface area contributed by atoms with Crippen LogP contribution >= 0.6 is 33.2 Å². The summed E-state index contributed by atoms with van der Waals surface area (Å²) in [5.74, 6) is 2.73. The van der Waals surface area contributed by atoms with Crippen LogP contribution in [0.25, 0.3) is 0 Å². The van der Waals surface area contributed by atoms with E-state index in [0.717, 1.165) is 23.5 Å². The Bertz CT molecular complexity index is 86.2. The van der Waals surface area contributed by atoms with Crippen LogP contribution < -0.4 is 0 Å². The lowest BCUT2D eigenvalue weighted by Crippen LogP contribution is -2.10. The van der Waals surface area contributed by atoms with E-state index in [1.165, 1.54) is 5.75 Å². The maximum absolute atomic E-state index is 5.70. The van der Waals surface area contributed by atoms with E-state index in [1.807, 2.05) is 21.6 Å². The standard InChI is InChI=1S/C8H17ClS2/c1-4-10-11-8(5-6-9)7(2)3/h7-8H,4-6H2,1-3H3/t8-/m1/s1. The van der Waals surface area contributed by atoms with Crippen molar-refractivity contribution in [2.75, 3.05) is 11.6 Å². The molecule has 0 aliphatic carbocycles. The van der Waals surface area contributed by atoms with Gasteiger partial charge in [-0.15, -0.1) is 11.6 Å². The highest BCUT2D eigenvalue weighted by molar-refractivity contribution is 8.76. The molecule has 0 aromatic rings. The predicted octanol–water partition coefficient (Wildman–Crippen LogP) is 4.04. The average molecular weight is 213 g/mol. The van der Waals surface area contributed by atoms with Gasteiger partial charge in [0, 0.05) is 16.9 Å². The second kappa shape index (κ2) is 7.63. The van der Waals surface area contributed by atoms with E-state index in [2.05, 4.69) is 20.8 Å². The Morgan fingerprint density at radius 1 is 1.36 bits per heavy atom. The van der Waals surface area contributed by atoms with Crippen molar-refractivity contribution >= 4 is 33.2 Å². The summed E-state index contributed by atoms with van der Waals surface area (Å²) in [5.41, 5.74) is 0. The Morgan fingerprint density at radius 2 is 2.00 bits per heavy atom. The zero-order chi connectivity index (χ0) is 8.69. The van der Waals surface area contributed by atoms with Crippen LogP contribution in [0.1, 0.15) is 27.2 Å². The Hall–Kier alpha value is 0.990. The molecule has 0 bridgehead atoms. The molecule has 0 fully saturated rings. The molecule has 0 aromatic heterocycles. The molecule has 0 N–H and O–H groups in total. The van der Waals surface area contributed by atoms with Gasteiger partial charge < -0.3 is 0 Å². The molecule has 0 unspecified atom stereocenters. The van der Waals surface area contributed by atoms with Crippen LogP contribution in [-0.2, 0) is 0 Å². The fraction of sp³-hybridized carbons (Fsp3) is 1.00. The number of alkyl halides is 1. The van der Waals surface area contributed by atoms with Crippen molar-refractivity contribution < 1.29 is 0 Å². The Balaban J connectivity index is 3.51. The first kappa shape index (κ1) is 12.0. The molecular weight excluding hydrogens is 196 g/mol. The monoisotopic (exact) mass is 212 g/mol. The van der Waals surface area contributed by atoms with E-state index in [4.69, 9.17) is 11.6 Å². The first-order chi connectivity index (χ1) is 5.22. The normalized spacial score (nSPS) is 13.9. The molecule has 0 aliphatic rings. The van der Waals surface area contributed by atoms with Crippen LogP contribution in [0, 0.1) is 5.92 Å². The highest BCUT2D eigenvalue weighted by atomic mass is 35.5. The molecule has 0 radical (unpaired) electrons. The Labute approximate surface area is 83.2 Å². The minimum absolute atomic E-state index is 0.734. The van der Waals surface area contributed by atoms with E-state index < -0.39 is 0 Å². The molecule has 0 spiro atoms. The van der Waals surface area contributed by atoms with Gasteiger partial charge in [-0.05, 0) is 12.3 Å². The quantitative estimate of drug-likeness (QED) is 0.482. The van der Waals surface area contributed by atoms with Crippen molar-refractivity contribution in [3.8, 4) is 0 Å². The first-order valence-corrected chi connectivity index (χ1v) is 6.98. The summed E-state index contributed by atoms with van der Waals surface area (Å²) < 4.78 is 0. The summed E-state index contributed by atoms with van der Waals surface area (Å²) in [6.07, 6.45) is 1.14. The van der Waals surface area contributed by atoms with Gasteiger partial charge in [0.1, 0.15) is 0 Å². The number of hydrogen-bond donors (Lipinski definition) is 0. The predicted molar refractivity (Wildman–Crippen MR) is 59.7 cm³/mol. The van der Waals surface area contributed by atoms with Crippen LogP contribution in [0.2, 0.25) is 0 Å². The Kier molecular flexibility index (Phi) is 8.32. The lowest BCUT2D eigenvalue weighted by molar-refractivity contribution is 0.598. The van der Waals surface area contributed by atoms with Gasteiger partial charge in [-0.25, -0.2) is 0 Å². The van der Waals surface area contributed by atoms with Crippen molar-refractivity contribution in [1.29, 1.82) is 0 Å². The third-order valence-electron chi connectivity index (χ3n) is 1.45. The van der Waals surface area contributed by atoms with Crippen LogP contribution in [0.5, 0.6) is 0 Å². The van der Waals surface area contributed by atoms with Gasteiger partial charge in [0.15, 0.2) is 0 Å². The largest absolute Gasteiger partial charge is 0.127 e. The summed E-state index contributed by atoms with van der Waals surface area (Å²) in [5, 5.41) is 0.734. The molecule has 0 aromatic carbocycles. The fourth-order valence-electron chi connectivity index (χ4n) is 0.756. The van der Waals surface area contributed by atoms with Crippen LogP contribution in [0.3, 0.4) is 0 Å². The summed E-state index contributed by atoms with van der Waals surface area (Å²) in [6.45, 7) is 6.72. The molecule has 1 atom stereocenters. The fourth-order valence-corrected chi connectivity index (χ4v) is 3.76. The van der Waals surface area contributed by atoms with Crippen LogP contribution in [0.4, 0.5) is 0 Å². The molecule has 0 saturated carbocycles. The highest BCUT2D eigenvalue weighted by Crippen LogP contribution is 2.33. The van der Waals surface area contributed by atoms with Gasteiger partial charge in [0.2, 0.25) is 0 Å².